The smallest absolute Gasteiger partial charge is 0.444 e. The Morgan fingerprint density at radius 3 is 2.88 bits per heavy atom. The fourth-order valence-corrected chi connectivity index (χ4v) is 2.84. The van der Waals surface area contributed by atoms with Crippen LogP contribution in [0.4, 0.5) is 4.79 Å². The number of allylic oxidation sites excluding steroid dienone is 1. The summed E-state index contributed by atoms with van der Waals surface area (Å²) in [6.45, 7) is 3.56. The van der Waals surface area contributed by atoms with Gasteiger partial charge in [-0.2, -0.15) is 0 Å². The van der Waals surface area contributed by atoms with Crippen molar-refractivity contribution >= 4 is 13.2 Å². The van der Waals surface area contributed by atoms with Gasteiger partial charge >= 0.3 is 13.2 Å². The molecule has 0 spiro atoms. The second kappa shape index (κ2) is 9.34. The lowest BCUT2D eigenvalue weighted by Gasteiger charge is -2.31. The summed E-state index contributed by atoms with van der Waals surface area (Å²) in [5.74, 6) is -0.810. The van der Waals surface area contributed by atoms with Crippen LogP contribution in [0.1, 0.15) is 25.3 Å². The van der Waals surface area contributed by atoms with Crippen LogP contribution in [-0.2, 0) is 11.2 Å². The van der Waals surface area contributed by atoms with Gasteiger partial charge in [-0.1, -0.05) is 36.4 Å². The van der Waals surface area contributed by atoms with Crippen molar-refractivity contribution in [1.29, 1.82) is 0 Å². The predicted molar refractivity (Wildman–Crippen MR) is 93.2 cm³/mol. The molecule has 1 aliphatic rings. The van der Waals surface area contributed by atoms with E-state index in [4.69, 9.17) is 4.74 Å². The van der Waals surface area contributed by atoms with Gasteiger partial charge in [-0.05, 0) is 37.9 Å². The Bertz CT molecular complexity index is 539. The number of rotatable bonds is 6. The van der Waals surface area contributed by atoms with Crippen molar-refractivity contribution in [3.05, 3.63) is 48.2 Å². The van der Waals surface area contributed by atoms with Crippen LogP contribution in [0.2, 0.25) is 0 Å². The highest BCUT2D eigenvalue weighted by atomic mass is 16.6. The molecule has 0 saturated carbocycles. The maximum absolute atomic E-state index is 12.1. The van der Waals surface area contributed by atoms with Crippen LogP contribution in [0.25, 0.3) is 0 Å². The maximum atomic E-state index is 12.1. The Balaban J connectivity index is 1.86. The maximum Gasteiger partial charge on any atom is 0.475 e. The highest BCUT2D eigenvalue weighted by Gasteiger charge is 2.28. The first-order valence-corrected chi connectivity index (χ1v) is 8.32. The van der Waals surface area contributed by atoms with Gasteiger partial charge in [0.15, 0.2) is 0 Å². The zero-order chi connectivity index (χ0) is 17.4. The summed E-state index contributed by atoms with van der Waals surface area (Å²) in [5, 5.41) is 21.6. The molecule has 1 aromatic rings. The van der Waals surface area contributed by atoms with Crippen LogP contribution in [-0.4, -0.2) is 53.3 Å². The van der Waals surface area contributed by atoms with Crippen molar-refractivity contribution in [2.24, 2.45) is 0 Å². The van der Waals surface area contributed by atoms with Crippen molar-refractivity contribution in [3.8, 4) is 0 Å². The van der Waals surface area contributed by atoms with Gasteiger partial charge in [-0.3, -0.25) is 0 Å². The number of likely N-dealkylation sites (tertiary alicyclic amines) is 1. The Labute approximate surface area is 143 Å². The number of benzene rings is 1. The van der Waals surface area contributed by atoms with Gasteiger partial charge in [0.1, 0.15) is 6.10 Å². The van der Waals surface area contributed by atoms with Crippen LogP contribution in [0.5, 0.6) is 0 Å². The second-order valence-electron chi connectivity index (χ2n) is 6.00. The molecule has 130 valence electrons. The minimum atomic E-state index is -1.65. The summed E-state index contributed by atoms with van der Waals surface area (Å²) in [6.07, 6.45) is 5.23. The molecule has 24 heavy (non-hydrogen) atoms. The van der Waals surface area contributed by atoms with E-state index < -0.39 is 19.2 Å². The van der Waals surface area contributed by atoms with E-state index in [1.54, 1.807) is 0 Å². The number of hydrogen-bond donors (Lipinski definition) is 3. The molecule has 1 aliphatic heterocycles. The van der Waals surface area contributed by atoms with Crippen LogP contribution >= 0.6 is 0 Å². The number of carbonyl (C=O) groups is 1. The normalized spacial score (nSPS) is 19.1. The first-order valence-electron chi connectivity index (χ1n) is 8.32. The quantitative estimate of drug-likeness (QED) is 0.685. The monoisotopic (exact) mass is 332 g/mol. The van der Waals surface area contributed by atoms with Gasteiger partial charge in [0.25, 0.3) is 0 Å². The Kier molecular flexibility index (Phi) is 7.15. The second-order valence-corrected chi connectivity index (χ2v) is 6.00. The predicted octanol–water partition coefficient (Wildman–Crippen LogP) is 1.33. The largest absolute Gasteiger partial charge is 0.475 e. The van der Waals surface area contributed by atoms with E-state index in [2.05, 4.69) is 10.2 Å². The molecule has 0 radical (unpaired) electrons. The molecular weight excluding hydrogens is 307 g/mol. The van der Waals surface area contributed by atoms with Gasteiger partial charge in [-0.25, -0.2) is 4.79 Å². The Morgan fingerprint density at radius 2 is 2.21 bits per heavy atom. The minimum absolute atomic E-state index is 0.192. The van der Waals surface area contributed by atoms with E-state index in [1.807, 2.05) is 49.5 Å². The molecule has 2 rings (SSSR count). The number of nitrogens with zero attached hydrogens (tertiary/aromatic N) is 1. The molecule has 1 aromatic carbocycles. The molecule has 0 bridgehead atoms. The molecule has 7 heteroatoms. The topological polar surface area (TPSA) is 82.0 Å². The summed E-state index contributed by atoms with van der Waals surface area (Å²) < 4.78 is 5.44. The number of alkyl carbamates (subject to hydrolysis) is 1. The molecule has 2 atom stereocenters. The van der Waals surface area contributed by atoms with Crippen LogP contribution < -0.4 is 5.32 Å². The fourth-order valence-electron chi connectivity index (χ4n) is 2.84. The van der Waals surface area contributed by atoms with Gasteiger partial charge in [-0.15, -0.1) is 0 Å². The molecule has 0 unspecified atom stereocenters. The van der Waals surface area contributed by atoms with Gasteiger partial charge < -0.3 is 25.0 Å². The minimum Gasteiger partial charge on any atom is -0.444 e. The third-order valence-electron chi connectivity index (χ3n) is 4.00. The summed E-state index contributed by atoms with van der Waals surface area (Å²) in [6, 6.07) is 9.37. The molecule has 1 heterocycles. The number of amides is 1. The Morgan fingerprint density at radius 1 is 1.46 bits per heavy atom. The lowest BCUT2D eigenvalue weighted by molar-refractivity contribution is 0.0552. The van der Waals surface area contributed by atoms with E-state index in [-0.39, 0.29) is 6.10 Å². The molecule has 3 N–H and O–H groups in total. The molecule has 1 saturated heterocycles. The average Bonchev–Trinajstić information content (AvgIpc) is 2.55. The molecule has 6 nitrogen and oxygen atoms in total. The summed E-state index contributed by atoms with van der Waals surface area (Å²) in [5.41, 5.74) is 0.910. The summed E-state index contributed by atoms with van der Waals surface area (Å²) in [7, 11) is -1.65. The molecule has 0 aliphatic carbocycles. The van der Waals surface area contributed by atoms with Gasteiger partial charge in [0, 0.05) is 6.54 Å². The third kappa shape index (κ3) is 5.90. The lowest BCUT2D eigenvalue weighted by Crippen LogP contribution is -2.49. The van der Waals surface area contributed by atoms with Crippen molar-refractivity contribution < 1.29 is 19.6 Å². The summed E-state index contributed by atoms with van der Waals surface area (Å²) >= 11 is 0. The first-order chi connectivity index (χ1) is 11.6. The molecule has 1 fully saturated rings. The standard InChI is InChI=1S/C17H25BN2O4/c1-2-10-20-11-6-9-15(13-20)24-17(21)19-16(18(22)23)12-14-7-4-3-5-8-14/h2-5,7-8,10,15-16,22-23H,6,9,11-13H2,1H3,(H,19,21)/t15-,16-/m0/s1. The van der Waals surface area contributed by atoms with Gasteiger partial charge in [0.2, 0.25) is 0 Å². The van der Waals surface area contributed by atoms with E-state index in [9.17, 15) is 14.8 Å². The van der Waals surface area contributed by atoms with E-state index in [0.29, 0.717) is 13.0 Å². The SMILES string of the molecule is CC=CN1CCC[C@H](OC(=O)N[C@@H](Cc2ccccc2)B(O)O)C1. The van der Waals surface area contributed by atoms with Crippen molar-refractivity contribution in [2.75, 3.05) is 13.1 Å². The van der Waals surface area contributed by atoms with Gasteiger partial charge in [0.05, 0.1) is 12.5 Å². The molecule has 1 amide bonds. The van der Waals surface area contributed by atoms with Crippen LogP contribution in [0, 0.1) is 0 Å². The fraction of sp³-hybridized carbons (Fsp3) is 0.471. The molecular formula is C17H25BN2O4. The number of hydrogen-bond acceptors (Lipinski definition) is 5. The number of carbonyl (C=O) groups excluding carboxylic acids is 1. The lowest BCUT2D eigenvalue weighted by atomic mass is 9.76. The van der Waals surface area contributed by atoms with Crippen LogP contribution in [0.15, 0.2) is 42.6 Å². The highest BCUT2D eigenvalue weighted by Crippen LogP contribution is 2.14. The average molecular weight is 332 g/mol. The zero-order valence-electron chi connectivity index (χ0n) is 14.0. The number of ether oxygens (including phenoxy) is 1. The third-order valence-corrected chi connectivity index (χ3v) is 4.00. The summed E-state index contributed by atoms with van der Waals surface area (Å²) in [4.78, 5) is 14.2. The highest BCUT2D eigenvalue weighted by molar-refractivity contribution is 6.43. The van der Waals surface area contributed by atoms with Crippen molar-refractivity contribution in [3.63, 3.8) is 0 Å². The zero-order valence-corrected chi connectivity index (χ0v) is 14.0. The molecule has 0 aromatic heterocycles. The van der Waals surface area contributed by atoms with E-state index in [0.717, 1.165) is 24.9 Å². The van der Waals surface area contributed by atoms with Crippen molar-refractivity contribution in [1.82, 2.24) is 10.2 Å². The van der Waals surface area contributed by atoms with E-state index in [1.165, 1.54) is 0 Å². The Hall–Kier alpha value is -1.99. The van der Waals surface area contributed by atoms with Crippen molar-refractivity contribution in [2.45, 2.75) is 38.2 Å². The first kappa shape index (κ1) is 18.4. The number of nitrogens with one attached hydrogen (secondary N) is 1. The van der Waals surface area contributed by atoms with Crippen LogP contribution in [0.3, 0.4) is 0 Å². The number of piperidine rings is 1. The van der Waals surface area contributed by atoms with E-state index >= 15 is 0 Å².